The van der Waals surface area contributed by atoms with Gasteiger partial charge in [0, 0.05) is 64.1 Å². The standard InChI is InChI=1S/C24H31FN4O4/c1-3-19-15-22(33-26-19)24(31)29-9-8-21(32-20-6-4-18(25)5-7-20)17(16-29)14-23(30)28-12-10-27(2)11-13-28/h4-7,15,17,21H,3,8-14,16H2,1-2H3/t17-,21-/m0/s1. The molecule has 2 saturated heterocycles. The summed E-state index contributed by atoms with van der Waals surface area (Å²) >= 11 is 0. The van der Waals surface area contributed by atoms with E-state index >= 15 is 0 Å². The van der Waals surface area contributed by atoms with E-state index in [4.69, 9.17) is 9.26 Å². The van der Waals surface area contributed by atoms with Crippen molar-refractivity contribution in [1.29, 1.82) is 0 Å². The van der Waals surface area contributed by atoms with E-state index in [9.17, 15) is 14.0 Å². The number of carbonyl (C=O) groups is 2. The molecule has 1 aromatic carbocycles. The van der Waals surface area contributed by atoms with Gasteiger partial charge in [0.2, 0.25) is 11.7 Å². The Morgan fingerprint density at radius 2 is 1.85 bits per heavy atom. The molecule has 2 fully saturated rings. The van der Waals surface area contributed by atoms with Gasteiger partial charge < -0.3 is 24.0 Å². The van der Waals surface area contributed by atoms with Crippen LogP contribution in [-0.2, 0) is 11.2 Å². The molecule has 0 bridgehead atoms. The molecule has 0 saturated carbocycles. The second kappa shape index (κ2) is 10.3. The quantitative estimate of drug-likeness (QED) is 0.662. The van der Waals surface area contributed by atoms with Crippen LogP contribution >= 0.6 is 0 Å². The minimum atomic E-state index is -0.330. The van der Waals surface area contributed by atoms with Gasteiger partial charge in [-0.1, -0.05) is 12.1 Å². The summed E-state index contributed by atoms with van der Waals surface area (Å²) in [5, 5.41) is 3.92. The van der Waals surface area contributed by atoms with Gasteiger partial charge in [-0.15, -0.1) is 0 Å². The number of carbonyl (C=O) groups excluding carboxylic acids is 2. The summed E-state index contributed by atoms with van der Waals surface area (Å²) in [5.41, 5.74) is 0.731. The lowest BCUT2D eigenvalue weighted by Gasteiger charge is -2.39. The topological polar surface area (TPSA) is 79.1 Å². The number of benzene rings is 1. The molecular formula is C24H31FN4O4. The normalized spacial score (nSPS) is 21.8. The van der Waals surface area contributed by atoms with Gasteiger partial charge in [0.25, 0.3) is 5.91 Å². The molecule has 8 nitrogen and oxygen atoms in total. The average Bonchev–Trinajstić information content (AvgIpc) is 3.31. The molecule has 0 aliphatic carbocycles. The number of hydrogen-bond acceptors (Lipinski definition) is 6. The van der Waals surface area contributed by atoms with Gasteiger partial charge in [0.05, 0.1) is 5.69 Å². The lowest BCUT2D eigenvalue weighted by molar-refractivity contribution is -0.135. The Labute approximate surface area is 193 Å². The number of rotatable bonds is 6. The predicted octanol–water partition coefficient (Wildman–Crippen LogP) is 2.45. The van der Waals surface area contributed by atoms with Crippen LogP contribution in [0.2, 0.25) is 0 Å². The number of nitrogens with zero attached hydrogens (tertiary/aromatic N) is 4. The van der Waals surface area contributed by atoms with Crippen LogP contribution in [0.5, 0.6) is 5.75 Å². The molecule has 2 aliphatic heterocycles. The monoisotopic (exact) mass is 458 g/mol. The molecule has 178 valence electrons. The second-order valence-electron chi connectivity index (χ2n) is 8.83. The number of likely N-dealkylation sites (N-methyl/N-ethyl adjacent to an activating group) is 1. The first-order valence-corrected chi connectivity index (χ1v) is 11.6. The largest absolute Gasteiger partial charge is 0.490 e. The number of hydrogen-bond donors (Lipinski definition) is 0. The molecule has 0 radical (unpaired) electrons. The van der Waals surface area contributed by atoms with Crippen molar-refractivity contribution in [3.8, 4) is 5.75 Å². The smallest absolute Gasteiger partial charge is 0.292 e. The zero-order chi connectivity index (χ0) is 23.4. The highest BCUT2D eigenvalue weighted by molar-refractivity contribution is 5.91. The SMILES string of the molecule is CCc1cc(C(=O)N2CC[C@H](Oc3ccc(F)cc3)[C@@H](CC(=O)N3CCN(C)CC3)C2)on1. The van der Waals surface area contributed by atoms with E-state index in [-0.39, 0.29) is 41.8 Å². The third-order valence-electron chi connectivity index (χ3n) is 6.48. The Bertz CT molecular complexity index is 956. The lowest BCUT2D eigenvalue weighted by Crippen LogP contribution is -2.51. The zero-order valence-electron chi connectivity index (χ0n) is 19.2. The van der Waals surface area contributed by atoms with Crippen molar-refractivity contribution in [2.24, 2.45) is 5.92 Å². The van der Waals surface area contributed by atoms with Crippen LogP contribution in [0, 0.1) is 11.7 Å². The first-order chi connectivity index (χ1) is 15.9. The third kappa shape index (κ3) is 5.71. The van der Waals surface area contributed by atoms with Crippen molar-refractivity contribution in [3.05, 3.63) is 47.6 Å². The van der Waals surface area contributed by atoms with Gasteiger partial charge >= 0.3 is 0 Å². The first-order valence-electron chi connectivity index (χ1n) is 11.6. The average molecular weight is 459 g/mol. The Balaban J connectivity index is 1.47. The van der Waals surface area contributed by atoms with Gasteiger partial charge in [-0.2, -0.15) is 0 Å². The summed E-state index contributed by atoms with van der Waals surface area (Å²) in [7, 11) is 2.05. The van der Waals surface area contributed by atoms with Crippen LogP contribution in [0.25, 0.3) is 0 Å². The third-order valence-corrected chi connectivity index (χ3v) is 6.48. The summed E-state index contributed by atoms with van der Waals surface area (Å²) < 4.78 is 24.7. The molecule has 9 heteroatoms. The van der Waals surface area contributed by atoms with E-state index in [0.29, 0.717) is 44.8 Å². The minimum Gasteiger partial charge on any atom is -0.490 e. The van der Waals surface area contributed by atoms with E-state index in [2.05, 4.69) is 10.1 Å². The zero-order valence-corrected chi connectivity index (χ0v) is 19.2. The van der Waals surface area contributed by atoms with Crippen LogP contribution in [0.1, 0.15) is 36.0 Å². The van der Waals surface area contributed by atoms with Gasteiger partial charge in [-0.25, -0.2) is 4.39 Å². The summed E-state index contributed by atoms with van der Waals surface area (Å²) in [6.45, 7) is 5.91. The van der Waals surface area contributed by atoms with Crippen LogP contribution in [0.4, 0.5) is 4.39 Å². The lowest BCUT2D eigenvalue weighted by atomic mass is 9.90. The van der Waals surface area contributed by atoms with Crippen molar-refractivity contribution in [2.75, 3.05) is 46.3 Å². The summed E-state index contributed by atoms with van der Waals surface area (Å²) in [5.74, 6) is 0.106. The molecule has 3 heterocycles. The van der Waals surface area contributed by atoms with Crippen LogP contribution in [-0.4, -0.2) is 84.1 Å². The minimum absolute atomic E-state index is 0.0723. The number of likely N-dealkylation sites (tertiary alicyclic amines) is 1. The summed E-state index contributed by atoms with van der Waals surface area (Å²) in [6.07, 6.45) is 1.29. The number of aromatic nitrogens is 1. The summed E-state index contributed by atoms with van der Waals surface area (Å²) in [4.78, 5) is 31.9. The van der Waals surface area contributed by atoms with E-state index in [1.165, 1.54) is 12.1 Å². The highest BCUT2D eigenvalue weighted by Crippen LogP contribution is 2.28. The Hall–Kier alpha value is -2.94. The molecule has 2 aromatic rings. The van der Waals surface area contributed by atoms with Gasteiger partial charge in [0.15, 0.2) is 0 Å². The molecule has 4 rings (SSSR count). The Morgan fingerprint density at radius 1 is 1.12 bits per heavy atom. The molecule has 2 atom stereocenters. The maximum Gasteiger partial charge on any atom is 0.292 e. The van der Waals surface area contributed by atoms with Crippen molar-refractivity contribution >= 4 is 11.8 Å². The van der Waals surface area contributed by atoms with Crippen molar-refractivity contribution in [3.63, 3.8) is 0 Å². The fraction of sp³-hybridized carbons (Fsp3) is 0.542. The Kier molecular flexibility index (Phi) is 7.27. The number of ether oxygens (including phenoxy) is 1. The van der Waals surface area contributed by atoms with E-state index in [1.54, 1.807) is 23.1 Å². The number of piperidine rings is 1. The fourth-order valence-electron chi connectivity index (χ4n) is 4.38. The van der Waals surface area contributed by atoms with E-state index in [0.717, 1.165) is 18.8 Å². The summed E-state index contributed by atoms with van der Waals surface area (Å²) in [6, 6.07) is 7.56. The van der Waals surface area contributed by atoms with Gasteiger partial charge in [-0.3, -0.25) is 9.59 Å². The molecule has 33 heavy (non-hydrogen) atoms. The molecule has 2 aliphatic rings. The van der Waals surface area contributed by atoms with Crippen LogP contribution < -0.4 is 4.74 Å². The highest BCUT2D eigenvalue weighted by atomic mass is 19.1. The number of amides is 2. The van der Waals surface area contributed by atoms with Crippen molar-refractivity contribution in [2.45, 2.75) is 32.3 Å². The maximum atomic E-state index is 13.3. The predicted molar refractivity (Wildman–Crippen MR) is 119 cm³/mol. The maximum absolute atomic E-state index is 13.3. The number of aryl methyl sites for hydroxylation is 1. The molecule has 2 amide bonds. The molecule has 1 aromatic heterocycles. The molecule has 0 unspecified atom stereocenters. The number of halogens is 1. The molecule has 0 spiro atoms. The first kappa shape index (κ1) is 23.2. The van der Waals surface area contributed by atoms with E-state index < -0.39 is 0 Å². The second-order valence-corrected chi connectivity index (χ2v) is 8.83. The fourth-order valence-corrected chi connectivity index (χ4v) is 4.38. The molecular weight excluding hydrogens is 427 g/mol. The Morgan fingerprint density at radius 3 is 2.52 bits per heavy atom. The van der Waals surface area contributed by atoms with Crippen LogP contribution in [0.15, 0.2) is 34.9 Å². The highest BCUT2D eigenvalue weighted by Gasteiger charge is 2.36. The van der Waals surface area contributed by atoms with Crippen molar-refractivity contribution < 1.29 is 23.2 Å². The number of piperazine rings is 1. The van der Waals surface area contributed by atoms with Crippen LogP contribution in [0.3, 0.4) is 0 Å². The molecule has 0 N–H and O–H groups in total. The van der Waals surface area contributed by atoms with E-state index in [1.807, 2.05) is 18.9 Å². The van der Waals surface area contributed by atoms with Gasteiger partial charge in [-0.05, 0) is 37.7 Å². The van der Waals surface area contributed by atoms with Crippen molar-refractivity contribution in [1.82, 2.24) is 19.9 Å². The van der Waals surface area contributed by atoms with Gasteiger partial charge in [0.1, 0.15) is 17.7 Å².